The smallest absolute Gasteiger partial charge is 0.0730 e. The highest BCUT2D eigenvalue weighted by atomic mass is 14.7. The molecule has 0 fully saturated rings. The summed E-state index contributed by atoms with van der Waals surface area (Å²) in [5.74, 6) is 0. The average molecular weight is 160 g/mol. The first-order valence-corrected chi connectivity index (χ1v) is 3.88. The van der Waals surface area contributed by atoms with Gasteiger partial charge in [-0.25, -0.2) is 0 Å². The van der Waals surface area contributed by atoms with E-state index >= 15 is 0 Å². The molecule has 0 bridgehead atoms. The van der Waals surface area contributed by atoms with Crippen LogP contribution < -0.4 is 0 Å². The summed E-state index contributed by atoms with van der Waals surface area (Å²) in [5.41, 5.74) is 1.22. The molecule has 12 heavy (non-hydrogen) atoms. The summed E-state index contributed by atoms with van der Waals surface area (Å²) in [7, 11) is 0. The third kappa shape index (κ3) is 3.10. The van der Waals surface area contributed by atoms with Crippen LogP contribution in [-0.4, -0.2) is 19.5 Å². The lowest BCUT2D eigenvalue weighted by Gasteiger charge is -1.92. The van der Waals surface area contributed by atoms with Gasteiger partial charge in [0.15, 0.2) is 0 Å². The maximum atomic E-state index is 4.17. The van der Waals surface area contributed by atoms with Crippen LogP contribution in [-0.2, 0) is 6.54 Å². The quantitative estimate of drug-likeness (QED) is 0.601. The summed E-state index contributed by atoms with van der Waals surface area (Å²) in [5, 5.41) is 0. The van der Waals surface area contributed by atoms with Crippen LogP contribution in [0.15, 0.2) is 40.3 Å². The molecule has 0 saturated heterocycles. The molecule has 0 amide bonds. The fourth-order valence-electron chi connectivity index (χ4n) is 0.869. The molecule has 0 radical (unpaired) electrons. The number of aliphatic imine (C=N–C) groups is 2. The van der Waals surface area contributed by atoms with Crippen molar-refractivity contribution in [1.82, 2.24) is 0 Å². The minimum Gasteiger partial charge on any atom is -0.295 e. The van der Waals surface area contributed by atoms with Gasteiger partial charge in [-0.05, 0) is 12.3 Å². The minimum absolute atomic E-state index is 0.604. The van der Waals surface area contributed by atoms with Gasteiger partial charge in [0.1, 0.15) is 0 Å². The Morgan fingerprint density at radius 3 is 2.67 bits per heavy atom. The molecule has 0 spiro atoms. The topological polar surface area (TPSA) is 24.7 Å². The highest BCUT2D eigenvalue weighted by Crippen LogP contribution is 1.98. The van der Waals surface area contributed by atoms with Gasteiger partial charge in [0, 0.05) is 6.21 Å². The second kappa shape index (κ2) is 5.24. The van der Waals surface area contributed by atoms with Crippen LogP contribution in [0.2, 0.25) is 0 Å². The standard InChI is InChI=1S/C10H12N2/c1-11-7-8-12-9-10-5-3-2-4-6-10/h2-6,8H,1,7,9H2/b12-8-. The van der Waals surface area contributed by atoms with E-state index in [9.17, 15) is 0 Å². The summed E-state index contributed by atoms with van der Waals surface area (Å²) in [6.45, 7) is 4.70. The van der Waals surface area contributed by atoms with Gasteiger partial charge in [0.2, 0.25) is 0 Å². The number of benzene rings is 1. The lowest BCUT2D eigenvalue weighted by molar-refractivity contribution is 1.07. The van der Waals surface area contributed by atoms with E-state index in [-0.39, 0.29) is 0 Å². The van der Waals surface area contributed by atoms with Crippen molar-refractivity contribution in [2.45, 2.75) is 6.54 Å². The van der Waals surface area contributed by atoms with Gasteiger partial charge in [-0.2, -0.15) is 0 Å². The van der Waals surface area contributed by atoms with Crippen LogP contribution in [0.3, 0.4) is 0 Å². The Bertz CT molecular complexity index is 252. The molecule has 0 aromatic heterocycles. The zero-order valence-corrected chi connectivity index (χ0v) is 6.98. The maximum absolute atomic E-state index is 4.17. The molecule has 0 heterocycles. The number of nitrogens with zero attached hydrogens (tertiary/aromatic N) is 2. The van der Waals surface area contributed by atoms with Crippen LogP contribution in [0.1, 0.15) is 5.56 Å². The van der Waals surface area contributed by atoms with Gasteiger partial charge in [-0.15, -0.1) is 0 Å². The molecule has 0 saturated carbocycles. The largest absolute Gasteiger partial charge is 0.295 e. The second-order valence-electron chi connectivity index (χ2n) is 2.42. The molecular weight excluding hydrogens is 148 g/mol. The highest BCUT2D eigenvalue weighted by Gasteiger charge is 1.84. The molecule has 1 rings (SSSR count). The molecule has 0 aliphatic heterocycles. The van der Waals surface area contributed by atoms with Crippen LogP contribution in [0.5, 0.6) is 0 Å². The second-order valence-corrected chi connectivity index (χ2v) is 2.42. The van der Waals surface area contributed by atoms with E-state index < -0.39 is 0 Å². The predicted molar refractivity (Wildman–Crippen MR) is 53.1 cm³/mol. The first-order valence-electron chi connectivity index (χ1n) is 3.88. The van der Waals surface area contributed by atoms with Crippen LogP contribution in [0, 0.1) is 0 Å². The van der Waals surface area contributed by atoms with Gasteiger partial charge in [0.25, 0.3) is 0 Å². The maximum Gasteiger partial charge on any atom is 0.0730 e. The molecule has 0 atom stereocenters. The van der Waals surface area contributed by atoms with Gasteiger partial charge in [0.05, 0.1) is 13.1 Å². The molecule has 62 valence electrons. The zero-order valence-electron chi connectivity index (χ0n) is 6.98. The molecule has 1 aromatic carbocycles. The van der Waals surface area contributed by atoms with Crippen molar-refractivity contribution in [3.63, 3.8) is 0 Å². The molecule has 0 N–H and O–H groups in total. The summed E-state index contributed by atoms with van der Waals surface area (Å²) in [4.78, 5) is 7.84. The molecule has 2 nitrogen and oxygen atoms in total. The number of rotatable bonds is 4. The fourth-order valence-corrected chi connectivity index (χ4v) is 0.869. The monoisotopic (exact) mass is 160 g/mol. The SMILES string of the molecule is C=NC/C=N\Cc1ccccc1. The third-order valence-electron chi connectivity index (χ3n) is 1.46. The summed E-state index contributed by atoms with van der Waals surface area (Å²) < 4.78 is 0. The van der Waals surface area contributed by atoms with E-state index in [0.29, 0.717) is 6.54 Å². The molecule has 1 aromatic rings. The summed E-state index contributed by atoms with van der Waals surface area (Å²) in [6, 6.07) is 10.1. The lowest BCUT2D eigenvalue weighted by atomic mass is 10.2. The number of hydrogen-bond acceptors (Lipinski definition) is 2. The first kappa shape index (κ1) is 8.65. The van der Waals surface area contributed by atoms with Crippen molar-refractivity contribution in [3.8, 4) is 0 Å². The minimum atomic E-state index is 0.604. The predicted octanol–water partition coefficient (Wildman–Crippen LogP) is 1.96. The van der Waals surface area contributed by atoms with Gasteiger partial charge >= 0.3 is 0 Å². The third-order valence-corrected chi connectivity index (χ3v) is 1.46. The van der Waals surface area contributed by atoms with E-state index in [2.05, 4.69) is 28.8 Å². The van der Waals surface area contributed by atoms with Crippen molar-refractivity contribution >= 4 is 12.9 Å². The molecule has 0 aliphatic carbocycles. The highest BCUT2D eigenvalue weighted by molar-refractivity contribution is 5.60. The van der Waals surface area contributed by atoms with E-state index in [1.807, 2.05) is 18.2 Å². The zero-order chi connectivity index (χ0) is 8.65. The molecule has 0 unspecified atom stereocenters. The first-order chi connectivity index (χ1) is 5.93. The van der Waals surface area contributed by atoms with E-state index in [1.165, 1.54) is 5.56 Å². The van der Waals surface area contributed by atoms with Crippen LogP contribution >= 0.6 is 0 Å². The molecule has 2 heteroatoms. The van der Waals surface area contributed by atoms with Crippen molar-refractivity contribution < 1.29 is 0 Å². The normalized spacial score (nSPS) is 10.3. The Balaban J connectivity index is 2.38. The van der Waals surface area contributed by atoms with Crippen LogP contribution in [0.4, 0.5) is 0 Å². The molecule has 0 aliphatic rings. The van der Waals surface area contributed by atoms with Gasteiger partial charge < -0.3 is 0 Å². The van der Waals surface area contributed by atoms with Crippen molar-refractivity contribution in [1.29, 1.82) is 0 Å². The Labute approximate surface area is 72.7 Å². The van der Waals surface area contributed by atoms with Gasteiger partial charge in [-0.1, -0.05) is 30.3 Å². The lowest BCUT2D eigenvalue weighted by Crippen LogP contribution is -1.83. The fraction of sp³-hybridized carbons (Fsp3) is 0.200. The Kier molecular flexibility index (Phi) is 3.78. The van der Waals surface area contributed by atoms with E-state index in [0.717, 1.165) is 6.54 Å². The Morgan fingerprint density at radius 1 is 1.25 bits per heavy atom. The number of hydrogen-bond donors (Lipinski definition) is 0. The van der Waals surface area contributed by atoms with E-state index in [4.69, 9.17) is 0 Å². The average Bonchev–Trinajstić information content (AvgIpc) is 2.14. The van der Waals surface area contributed by atoms with Crippen molar-refractivity contribution in [2.24, 2.45) is 9.98 Å². The van der Waals surface area contributed by atoms with E-state index in [1.54, 1.807) is 6.21 Å². The Morgan fingerprint density at radius 2 is 2.00 bits per heavy atom. The summed E-state index contributed by atoms with van der Waals surface area (Å²) >= 11 is 0. The van der Waals surface area contributed by atoms with Gasteiger partial charge in [-0.3, -0.25) is 9.98 Å². The van der Waals surface area contributed by atoms with Crippen LogP contribution in [0.25, 0.3) is 0 Å². The molecular formula is C10H12N2. The van der Waals surface area contributed by atoms with Crippen molar-refractivity contribution in [2.75, 3.05) is 6.54 Å². The Hall–Kier alpha value is -1.44. The van der Waals surface area contributed by atoms with Crippen molar-refractivity contribution in [3.05, 3.63) is 35.9 Å². The summed E-state index contributed by atoms with van der Waals surface area (Å²) in [6.07, 6.45) is 1.78.